The van der Waals surface area contributed by atoms with Gasteiger partial charge in [-0.2, -0.15) is 5.26 Å². The molecule has 0 fully saturated rings. The summed E-state index contributed by atoms with van der Waals surface area (Å²) in [6.45, 7) is 4.93. The lowest BCUT2D eigenvalue weighted by molar-refractivity contribution is 0.687. The van der Waals surface area contributed by atoms with Crippen LogP contribution in [0.3, 0.4) is 0 Å². The maximum absolute atomic E-state index is 8.51. The van der Waals surface area contributed by atoms with E-state index in [2.05, 4.69) is 19.9 Å². The Balaban J connectivity index is 4.06. The number of allylic oxidation sites excluding steroid dienone is 2. The van der Waals surface area contributed by atoms with E-state index in [1.807, 2.05) is 0 Å². The summed E-state index contributed by atoms with van der Waals surface area (Å²) in [5, 5.41) is 8.51. The molecular formula is C9H16N2S. The molecule has 0 amide bonds. The predicted octanol–water partition coefficient (Wildman–Crippen LogP) is 2.13. The van der Waals surface area contributed by atoms with Crippen LogP contribution in [-0.4, -0.2) is 12.3 Å². The molecule has 0 rings (SSSR count). The van der Waals surface area contributed by atoms with Crippen LogP contribution < -0.4 is 5.73 Å². The van der Waals surface area contributed by atoms with Crippen molar-refractivity contribution < 1.29 is 0 Å². The van der Waals surface area contributed by atoms with Gasteiger partial charge in [0.15, 0.2) is 0 Å². The minimum Gasteiger partial charge on any atom is -0.330 e. The largest absolute Gasteiger partial charge is 0.330 e. The van der Waals surface area contributed by atoms with E-state index in [1.54, 1.807) is 17.8 Å². The molecule has 0 aliphatic rings. The molecule has 0 radical (unpaired) electrons. The number of thioether (sulfide) groups is 1. The van der Waals surface area contributed by atoms with Crippen molar-refractivity contribution in [1.82, 2.24) is 0 Å². The highest BCUT2D eigenvalue weighted by Crippen LogP contribution is 2.25. The van der Waals surface area contributed by atoms with E-state index in [0.717, 1.165) is 17.1 Å². The average Bonchev–Trinajstić information content (AvgIpc) is 2.11. The second kappa shape index (κ2) is 7.20. The minimum absolute atomic E-state index is 0.487. The van der Waals surface area contributed by atoms with Crippen LogP contribution in [0.25, 0.3) is 0 Å². The van der Waals surface area contributed by atoms with Gasteiger partial charge in [-0.05, 0) is 17.2 Å². The number of hydrogen-bond donors (Lipinski definition) is 1. The first-order valence-electron chi connectivity index (χ1n) is 4.18. The van der Waals surface area contributed by atoms with Crippen LogP contribution in [0.1, 0.15) is 20.3 Å². The summed E-state index contributed by atoms with van der Waals surface area (Å²) in [6.07, 6.45) is 2.71. The number of nitrogens with zero attached hydrogens (tertiary/aromatic N) is 1. The van der Waals surface area contributed by atoms with Crippen molar-refractivity contribution in [1.29, 1.82) is 5.26 Å². The molecule has 0 aromatic heterocycles. The van der Waals surface area contributed by atoms with Crippen molar-refractivity contribution in [2.75, 3.05) is 12.3 Å². The molecule has 0 heterocycles. The van der Waals surface area contributed by atoms with Crippen molar-refractivity contribution in [2.45, 2.75) is 20.3 Å². The number of nitrogens with two attached hydrogens (primary N) is 1. The van der Waals surface area contributed by atoms with Gasteiger partial charge in [-0.15, -0.1) is 11.8 Å². The van der Waals surface area contributed by atoms with Crippen LogP contribution >= 0.6 is 11.8 Å². The summed E-state index contributed by atoms with van der Waals surface area (Å²) in [4.78, 5) is 1.16. The van der Waals surface area contributed by atoms with Crippen molar-refractivity contribution in [3.05, 3.63) is 11.0 Å². The number of nitriles is 1. The molecular weight excluding hydrogens is 168 g/mol. The molecule has 0 saturated carbocycles. The molecule has 0 aromatic rings. The molecule has 1 unspecified atom stereocenters. The topological polar surface area (TPSA) is 49.8 Å². The fraction of sp³-hybridized carbons (Fsp3) is 0.667. The summed E-state index contributed by atoms with van der Waals surface area (Å²) < 4.78 is 0. The lowest BCUT2D eigenvalue weighted by atomic mass is 10.1. The first-order chi connectivity index (χ1) is 5.76. The molecule has 68 valence electrons. The van der Waals surface area contributed by atoms with Crippen LogP contribution in [-0.2, 0) is 0 Å². The van der Waals surface area contributed by atoms with Gasteiger partial charge in [-0.25, -0.2) is 0 Å². The Hall–Kier alpha value is -0.460. The maximum Gasteiger partial charge on any atom is 0.0920 e. The Kier molecular flexibility index (Phi) is 6.93. The molecule has 0 bridgehead atoms. The van der Waals surface area contributed by atoms with Gasteiger partial charge in [0, 0.05) is 18.4 Å². The van der Waals surface area contributed by atoms with E-state index in [-0.39, 0.29) is 0 Å². The van der Waals surface area contributed by atoms with Gasteiger partial charge in [-0.3, -0.25) is 0 Å². The molecule has 0 aliphatic heterocycles. The monoisotopic (exact) mass is 184 g/mol. The van der Waals surface area contributed by atoms with E-state index in [0.29, 0.717) is 12.5 Å². The highest BCUT2D eigenvalue weighted by Gasteiger charge is 2.05. The van der Waals surface area contributed by atoms with Crippen LogP contribution in [0, 0.1) is 17.2 Å². The van der Waals surface area contributed by atoms with Crippen LogP contribution in [0.2, 0.25) is 0 Å². The quantitative estimate of drug-likeness (QED) is 0.666. The van der Waals surface area contributed by atoms with Gasteiger partial charge < -0.3 is 5.73 Å². The molecule has 3 heteroatoms. The van der Waals surface area contributed by atoms with Gasteiger partial charge in [0.1, 0.15) is 0 Å². The van der Waals surface area contributed by atoms with Gasteiger partial charge in [-0.1, -0.05) is 13.8 Å². The Morgan fingerprint density at radius 1 is 1.75 bits per heavy atom. The Labute approximate surface area is 78.8 Å². The number of hydrogen-bond acceptors (Lipinski definition) is 3. The molecule has 0 saturated heterocycles. The smallest absolute Gasteiger partial charge is 0.0920 e. The maximum atomic E-state index is 8.51. The molecule has 0 spiro atoms. The third kappa shape index (κ3) is 4.42. The fourth-order valence-corrected chi connectivity index (χ4v) is 1.71. The van der Waals surface area contributed by atoms with Crippen molar-refractivity contribution in [2.24, 2.45) is 11.7 Å². The summed E-state index contributed by atoms with van der Waals surface area (Å²) in [7, 11) is 0. The van der Waals surface area contributed by atoms with Crippen LogP contribution in [0.5, 0.6) is 0 Å². The van der Waals surface area contributed by atoms with Crippen LogP contribution in [0.4, 0.5) is 0 Å². The van der Waals surface area contributed by atoms with Gasteiger partial charge in [0.25, 0.3) is 0 Å². The molecule has 1 atom stereocenters. The molecule has 2 nitrogen and oxygen atoms in total. The molecule has 2 N–H and O–H groups in total. The summed E-state index contributed by atoms with van der Waals surface area (Å²) >= 11 is 1.69. The number of rotatable bonds is 5. The fourth-order valence-electron chi connectivity index (χ4n) is 0.768. The lowest BCUT2D eigenvalue weighted by Crippen LogP contribution is -2.03. The summed E-state index contributed by atoms with van der Waals surface area (Å²) in [5.41, 5.74) is 5.38. The zero-order chi connectivity index (χ0) is 9.40. The van der Waals surface area contributed by atoms with Gasteiger partial charge >= 0.3 is 0 Å². The first kappa shape index (κ1) is 11.5. The summed E-state index contributed by atoms with van der Waals surface area (Å²) in [6, 6.07) is 2.07. The lowest BCUT2D eigenvalue weighted by Gasteiger charge is -2.11. The Bertz CT molecular complexity index is 181. The zero-order valence-electron chi connectivity index (χ0n) is 7.71. The first-order valence-corrected chi connectivity index (χ1v) is 5.17. The average molecular weight is 184 g/mol. The van der Waals surface area contributed by atoms with E-state index < -0.39 is 0 Å². The third-order valence-electron chi connectivity index (χ3n) is 1.69. The van der Waals surface area contributed by atoms with E-state index >= 15 is 0 Å². The Morgan fingerprint density at radius 2 is 2.42 bits per heavy atom. The van der Waals surface area contributed by atoms with Crippen LogP contribution in [0.15, 0.2) is 11.0 Å². The van der Waals surface area contributed by atoms with E-state index in [9.17, 15) is 0 Å². The molecule has 12 heavy (non-hydrogen) atoms. The van der Waals surface area contributed by atoms with E-state index in [4.69, 9.17) is 11.0 Å². The van der Waals surface area contributed by atoms with Crippen molar-refractivity contribution in [3.63, 3.8) is 0 Å². The SMILES string of the molecule is CCC(C)/C(=C/C#N)SCCN. The minimum atomic E-state index is 0.487. The van der Waals surface area contributed by atoms with Gasteiger partial charge in [0.05, 0.1) is 6.07 Å². The zero-order valence-corrected chi connectivity index (χ0v) is 8.53. The summed E-state index contributed by atoms with van der Waals surface area (Å²) in [5.74, 6) is 1.39. The highest BCUT2D eigenvalue weighted by molar-refractivity contribution is 8.03. The Morgan fingerprint density at radius 3 is 2.83 bits per heavy atom. The molecule has 0 aliphatic carbocycles. The second-order valence-electron chi connectivity index (χ2n) is 2.62. The second-order valence-corrected chi connectivity index (χ2v) is 3.79. The van der Waals surface area contributed by atoms with E-state index in [1.165, 1.54) is 0 Å². The third-order valence-corrected chi connectivity index (χ3v) is 2.98. The van der Waals surface area contributed by atoms with Crippen molar-refractivity contribution in [3.8, 4) is 6.07 Å². The van der Waals surface area contributed by atoms with Gasteiger partial charge in [0.2, 0.25) is 0 Å². The predicted molar refractivity (Wildman–Crippen MR) is 54.7 cm³/mol. The normalized spacial score (nSPS) is 14.0. The molecule has 0 aromatic carbocycles. The standard InChI is InChI=1S/C9H16N2S/c1-3-8(2)9(4-5-10)12-7-6-11/h4,8H,3,6-7,11H2,1-2H3/b9-4-. The highest BCUT2D eigenvalue weighted by atomic mass is 32.2. The van der Waals surface area contributed by atoms with Crippen molar-refractivity contribution >= 4 is 11.8 Å².